The van der Waals surface area contributed by atoms with E-state index in [0.29, 0.717) is 18.5 Å². The number of hydrogen-bond donors (Lipinski definition) is 1. The zero-order valence-electron chi connectivity index (χ0n) is 12.5. The molecule has 1 saturated heterocycles. The van der Waals surface area contributed by atoms with Gasteiger partial charge in [-0.15, -0.1) is 11.3 Å². The van der Waals surface area contributed by atoms with Crippen molar-refractivity contribution in [3.8, 4) is 6.07 Å². The van der Waals surface area contributed by atoms with E-state index in [0.717, 1.165) is 25.6 Å². The fraction of sp³-hybridized carbons (Fsp3) is 0.688. The van der Waals surface area contributed by atoms with Gasteiger partial charge in [0.05, 0.1) is 12.6 Å². The summed E-state index contributed by atoms with van der Waals surface area (Å²) in [5, 5.41) is 14.8. The molecule has 1 fully saturated rings. The van der Waals surface area contributed by atoms with Crippen molar-refractivity contribution in [2.75, 3.05) is 26.2 Å². The largest absolute Gasteiger partial charge is 0.313 e. The molecule has 0 radical (unpaired) electrons. The SMILES string of the molecule is CC(C)CCNC1CC(c2cccs2)CN(CC#N)C1. The molecule has 1 aromatic rings. The van der Waals surface area contributed by atoms with Crippen LogP contribution in [-0.2, 0) is 0 Å². The maximum absolute atomic E-state index is 8.96. The molecule has 2 rings (SSSR count). The minimum Gasteiger partial charge on any atom is -0.313 e. The number of thiophene rings is 1. The van der Waals surface area contributed by atoms with E-state index in [2.05, 4.69) is 47.6 Å². The lowest BCUT2D eigenvalue weighted by atomic mass is 9.92. The van der Waals surface area contributed by atoms with Gasteiger partial charge in [0.15, 0.2) is 0 Å². The molecule has 1 aromatic heterocycles. The standard InChI is InChI=1S/C16H25N3S/c1-13(2)5-7-18-15-10-14(16-4-3-9-20-16)11-19(12-15)8-6-17/h3-4,9,13-15,18H,5,7-8,10-12H2,1-2H3. The van der Waals surface area contributed by atoms with E-state index in [1.165, 1.54) is 17.7 Å². The summed E-state index contributed by atoms with van der Waals surface area (Å²) in [5.41, 5.74) is 0. The van der Waals surface area contributed by atoms with Crippen LogP contribution in [0.1, 0.15) is 37.5 Å². The van der Waals surface area contributed by atoms with Gasteiger partial charge in [-0.25, -0.2) is 0 Å². The van der Waals surface area contributed by atoms with E-state index in [1.807, 2.05) is 11.3 Å². The Kier molecular flexibility index (Phi) is 6.03. The number of nitriles is 1. The molecule has 0 spiro atoms. The normalized spacial score (nSPS) is 23.9. The molecule has 110 valence electrons. The molecule has 3 nitrogen and oxygen atoms in total. The average Bonchev–Trinajstić information content (AvgIpc) is 2.92. The van der Waals surface area contributed by atoms with Crippen molar-refractivity contribution in [2.45, 2.75) is 38.6 Å². The predicted molar refractivity (Wildman–Crippen MR) is 85.0 cm³/mol. The highest BCUT2D eigenvalue weighted by Crippen LogP contribution is 2.30. The molecule has 0 aliphatic carbocycles. The first kappa shape index (κ1) is 15.5. The van der Waals surface area contributed by atoms with Crippen LogP contribution in [0.5, 0.6) is 0 Å². The summed E-state index contributed by atoms with van der Waals surface area (Å²) in [5.74, 6) is 1.32. The Morgan fingerprint density at radius 3 is 3.00 bits per heavy atom. The fourth-order valence-corrected chi connectivity index (χ4v) is 3.71. The van der Waals surface area contributed by atoms with Gasteiger partial charge in [0.1, 0.15) is 0 Å². The molecule has 0 bridgehead atoms. The summed E-state index contributed by atoms with van der Waals surface area (Å²) < 4.78 is 0. The summed E-state index contributed by atoms with van der Waals surface area (Å²) in [4.78, 5) is 3.75. The summed E-state index contributed by atoms with van der Waals surface area (Å²) >= 11 is 1.84. The van der Waals surface area contributed by atoms with Gasteiger partial charge in [-0.05, 0) is 36.8 Å². The highest BCUT2D eigenvalue weighted by Gasteiger charge is 2.28. The smallest absolute Gasteiger partial charge is 0.0866 e. The number of piperidine rings is 1. The topological polar surface area (TPSA) is 39.1 Å². The quantitative estimate of drug-likeness (QED) is 0.819. The Balaban J connectivity index is 1.92. The van der Waals surface area contributed by atoms with Crippen molar-refractivity contribution in [3.63, 3.8) is 0 Å². The molecule has 20 heavy (non-hydrogen) atoms. The minimum absolute atomic E-state index is 0.517. The monoisotopic (exact) mass is 291 g/mol. The van der Waals surface area contributed by atoms with Crippen LogP contribution in [0.15, 0.2) is 17.5 Å². The minimum atomic E-state index is 0.517. The second kappa shape index (κ2) is 7.78. The summed E-state index contributed by atoms with van der Waals surface area (Å²) in [6, 6.07) is 7.18. The van der Waals surface area contributed by atoms with E-state index in [4.69, 9.17) is 5.26 Å². The number of nitrogens with zero attached hydrogens (tertiary/aromatic N) is 2. The summed E-state index contributed by atoms with van der Waals surface area (Å²) in [7, 11) is 0. The molecule has 0 saturated carbocycles. The average molecular weight is 291 g/mol. The Bertz CT molecular complexity index is 421. The van der Waals surface area contributed by atoms with Gasteiger partial charge < -0.3 is 5.32 Å². The van der Waals surface area contributed by atoms with Gasteiger partial charge in [0, 0.05) is 29.9 Å². The Hall–Kier alpha value is -0.890. The van der Waals surface area contributed by atoms with Crippen LogP contribution in [0.2, 0.25) is 0 Å². The van der Waals surface area contributed by atoms with Gasteiger partial charge in [-0.2, -0.15) is 5.26 Å². The second-order valence-electron chi connectivity index (χ2n) is 6.13. The lowest BCUT2D eigenvalue weighted by Gasteiger charge is -2.37. The highest BCUT2D eigenvalue weighted by molar-refractivity contribution is 7.10. The zero-order valence-corrected chi connectivity index (χ0v) is 13.3. The number of nitrogens with one attached hydrogen (secondary N) is 1. The van der Waals surface area contributed by atoms with E-state index in [9.17, 15) is 0 Å². The first-order chi connectivity index (χ1) is 9.69. The first-order valence-corrected chi connectivity index (χ1v) is 8.43. The van der Waals surface area contributed by atoms with Crippen LogP contribution in [-0.4, -0.2) is 37.1 Å². The third-order valence-electron chi connectivity index (χ3n) is 3.92. The van der Waals surface area contributed by atoms with Crippen LogP contribution in [0.25, 0.3) is 0 Å². The molecule has 1 N–H and O–H groups in total. The number of likely N-dealkylation sites (tertiary alicyclic amines) is 1. The number of hydrogen-bond acceptors (Lipinski definition) is 4. The van der Waals surface area contributed by atoms with Crippen molar-refractivity contribution in [2.24, 2.45) is 5.92 Å². The maximum Gasteiger partial charge on any atom is 0.0866 e. The van der Waals surface area contributed by atoms with Crippen LogP contribution < -0.4 is 5.32 Å². The lowest BCUT2D eigenvalue weighted by Crippen LogP contribution is -2.48. The van der Waals surface area contributed by atoms with Crippen molar-refractivity contribution in [3.05, 3.63) is 22.4 Å². The Labute approximate surface area is 126 Å². The fourth-order valence-electron chi connectivity index (χ4n) is 2.87. The molecule has 0 aromatic carbocycles. The zero-order chi connectivity index (χ0) is 14.4. The third-order valence-corrected chi connectivity index (χ3v) is 4.96. The summed E-state index contributed by atoms with van der Waals surface area (Å²) in [6.45, 7) is 8.19. The third kappa shape index (κ3) is 4.59. The van der Waals surface area contributed by atoms with Gasteiger partial charge in [0.2, 0.25) is 0 Å². The van der Waals surface area contributed by atoms with E-state index in [-0.39, 0.29) is 0 Å². The van der Waals surface area contributed by atoms with Gasteiger partial charge in [-0.1, -0.05) is 19.9 Å². The van der Waals surface area contributed by atoms with Gasteiger partial charge in [-0.3, -0.25) is 4.90 Å². The molecular weight excluding hydrogens is 266 g/mol. The Morgan fingerprint density at radius 1 is 1.50 bits per heavy atom. The lowest BCUT2D eigenvalue weighted by molar-refractivity contribution is 0.189. The summed E-state index contributed by atoms with van der Waals surface area (Å²) in [6.07, 6.45) is 2.42. The second-order valence-corrected chi connectivity index (χ2v) is 7.11. The van der Waals surface area contributed by atoms with Crippen molar-refractivity contribution in [1.82, 2.24) is 10.2 Å². The van der Waals surface area contributed by atoms with Crippen LogP contribution >= 0.6 is 11.3 Å². The first-order valence-electron chi connectivity index (χ1n) is 7.55. The van der Waals surface area contributed by atoms with Gasteiger partial charge >= 0.3 is 0 Å². The Morgan fingerprint density at radius 2 is 2.35 bits per heavy atom. The molecule has 2 unspecified atom stereocenters. The molecule has 2 atom stereocenters. The van der Waals surface area contributed by atoms with Crippen molar-refractivity contribution < 1.29 is 0 Å². The molecular formula is C16H25N3S. The van der Waals surface area contributed by atoms with E-state index >= 15 is 0 Å². The molecule has 1 aliphatic rings. The van der Waals surface area contributed by atoms with E-state index in [1.54, 1.807) is 0 Å². The molecule has 1 aliphatic heterocycles. The van der Waals surface area contributed by atoms with Crippen LogP contribution in [0.4, 0.5) is 0 Å². The highest BCUT2D eigenvalue weighted by atomic mass is 32.1. The number of rotatable bonds is 6. The maximum atomic E-state index is 8.96. The van der Waals surface area contributed by atoms with Crippen LogP contribution in [0.3, 0.4) is 0 Å². The molecule has 4 heteroatoms. The van der Waals surface area contributed by atoms with Crippen molar-refractivity contribution >= 4 is 11.3 Å². The van der Waals surface area contributed by atoms with Gasteiger partial charge in [0.25, 0.3) is 0 Å². The van der Waals surface area contributed by atoms with E-state index < -0.39 is 0 Å². The van der Waals surface area contributed by atoms with Crippen molar-refractivity contribution in [1.29, 1.82) is 5.26 Å². The predicted octanol–water partition coefficient (Wildman–Crippen LogP) is 3.07. The molecule has 0 amide bonds. The molecule has 2 heterocycles. The van der Waals surface area contributed by atoms with Crippen LogP contribution in [0, 0.1) is 17.2 Å².